The first-order valence-corrected chi connectivity index (χ1v) is 9.08. The van der Waals surface area contributed by atoms with Gasteiger partial charge in [0.1, 0.15) is 0 Å². The van der Waals surface area contributed by atoms with Gasteiger partial charge in [0.05, 0.1) is 19.8 Å². The van der Waals surface area contributed by atoms with E-state index < -0.39 is 6.80 Å². The molecular formula is C10H22NO4PS. The minimum Gasteiger partial charge on any atom is -0.379 e. The molecule has 0 aromatic carbocycles. The van der Waals surface area contributed by atoms with Gasteiger partial charge in [-0.1, -0.05) is 13.8 Å². The highest BCUT2D eigenvalue weighted by molar-refractivity contribution is 8.54. The highest BCUT2D eigenvalue weighted by Gasteiger charge is 2.21. The number of ether oxygens (including phenoxy) is 1. The van der Waals surface area contributed by atoms with Crippen LogP contribution in [0.1, 0.15) is 13.8 Å². The van der Waals surface area contributed by atoms with E-state index in [0.717, 1.165) is 44.2 Å². The van der Waals surface area contributed by atoms with Crippen LogP contribution in [0.25, 0.3) is 0 Å². The van der Waals surface area contributed by atoms with Crippen LogP contribution in [0.15, 0.2) is 0 Å². The average Bonchev–Trinajstić information content (AvgIpc) is 2.28. The van der Waals surface area contributed by atoms with Gasteiger partial charge < -0.3 is 14.2 Å². The van der Waals surface area contributed by atoms with Crippen molar-refractivity contribution in [3.8, 4) is 0 Å². The van der Waals surface area contributed by atoms with E-state index in [1.54, 1.807) is 0 Å². The van der Waals surface area contributed by atoms with Gasteiger partial charge in [-0.2, -0.15) is 0 Å². The molecule has 5 nitrogen and oxygen atoms in total. The van der Waals surface area contributed by atoms with Crippen molar-refractivity contribution >= 4 is 18.2 Å². The zero-order chi connectivity index (χ0) is 12.7. The maximum absolute atomic E-state index is 11.6. The lowest BCUT2D eigenvalue weighted by Crippen LogP contribution is -2.37. The van der Waals surface area contributed by atoms with Crippen molar-refractivity contribution in [1.82, 2.24) is 4.90 Å². The Kier molecular flexibility index (Phi) is 7.07. The topological polar surface area (TPSA) is 59.0 Å². The van der Waals surface area contributed by atoms with E-state index in [1.165, 1.54) is 0 Å². The summed E-state index contributed by atoms with van der Waals surface area (Å²) in [6.45, 7) is 4.92. The Morgan fingerprint density at radius 1 is 1.47 bits per heavy atom. The zero-order valence-electron chi connectivity index (χ0n) is 10.5. The molecule has 1 atom stereocenters. The summed E-state index contributed by atoms with van der Waals surface area (Å²) >= 11 is 1.02. The van der Waals surface area contributed by atoms with E-state index in [2.05, 4.69) is 4.90 Å². The first kappa shape index (κ1) is 15.5. The second-order valence-corrected chi connectivity index (χ2v) is 8.47. The lowest BCUT2D eigenvalue weighted by molar-refractivity contribution is 0.0410. The van der Waals surface area contributed by atoms with Gasteiger partial charge in [-0.05, 0) is 17.3 Å². The van der Waals surface area contributed by atoms with Crippen molar-refractivity contribution in [2.24, 2.45) is 5.92 Å². The minimum absolute atomic E-state index is 0.273. The molecule has 102 valence electrons. The predicted molar refractivity (Wildman–Crippen MR) is 70.3 cm³/mol. The van der Waals surface area contributed by atoms with Gasteiger partial charge in [0.25, 0.3) is 0 Å². The molecule has 0 radical (unpaired) electrons. The molecule has 1 rings (SSSR count). The molecule has 0 saturated carbocycles. The summed E-state index contributed by atoms with van der Waals surface area (Å²) in [5.41, 5.74) is 0. The van der Waals surface area contributed by atoms with Crippen LogP contribution in [0.5, 0.6) is 0 Å². The molecule has 1 saturated heterocycles. The van der Waals surface area contributed by atoms with Crippen LogP contribution in [-0.2, 0) is 13.8 Å². The van der Waals surface area contributed by atoms with E-state index in [-0.39, 0.29) is 5.92 Å². The highest BCUT2D eigenvalue weighted by Crippen LogP contribution is 2.55. The van der Waals surface area contributed by atoms with E-state index in [1.807, 2.05) is 13.8 Å². The Hall–Kier alpha value is 0.420. The summed E-state index contributed by atoms with van der Waals surface area (Å²) in [5.74, 6) is 0.890. The van der Waals surface area contributed by atoms with Crippen LogP contribution in [0.4, 0.5) is 0 Å². The third-order valence-electron chi connectivity index (χ3n) is 2.34. The fourth-order valence-corrected chi connectivity index (χ4v) is 3.87. The molecule has 0 aromatic heterocycles. The zero-order valence-corrected chi connectivity index (χ0v) is 12.2. The van der Waals surface area contributed by atoms with E-state index in [4.69, 9.17) is 9.26 Å². The van der Waals surface area contributed by atoms with Crippen molar-refractivity contribution in [3.63, 3.8) is 0 Å². The standard InChI is InChI=1S/C10H22NO4PS/c1-10(2)9-15-16(12,13)17-8-5-11-3-6-14-7-4-11/h10H,3-9H2,1-2H3,(H,12,13). The number of morpholine rings is 1. The van der Waals surface area contributed by atoms with Gasteiger partial charge in [0.15, 0.2) is 0 Å². The van der Waals surface area contributed by atoms with Gasteiger partial charge in [0.2, 0.25) is 0 Å². The SMILES string of the molecule is CC(C)COP(=O)(O)SCCN1CCOCC1. The Morgan fingerprint density at radius 3 is 2.71 bits per heavy atom. The highest BCUT2D eigenvalue weighted by atomic mass is 32.7. The van der Waals surface area contributed by atoms with Crippen LogP contribution in [0, 0.1) is 5.92 Å². The molecule has 1 N–H and O–H groups in total. The number of hydrogen-bond acceptors (Lipinski definition) is 5. The van der Waals surface area contributed by atoms with Crippen molar-refractivity contribution in [3.05, 3.63) is 0 Å². The molecule has 0 amide bonds. The number of nitrogens with zero attached hydrogens (tertiary/aromatic N) is 1. The second-order valence-electron chi connectivity index (χ2n) is 4.45. The fraction of sp³-hybridized carbons (Fsp3) is 1.00. The molecular weight excluding hydrogens is 261 g/mol. The van der Waals surface area contributed by atoms with Crippen molar-refractivity contribution in [1.29, 1.82) is 0 Å². The molecule has 0 aromatic rings. The minimum atomic E-state index is -3.46. The second kappa shape index (κ2) is 7.77. The van der Waals surface area contributed by atoms with Crippen LogP contribution >= 0.6 is 18.2 Å². The summed E-state index contributed by atoms with van der Waals surface area (Å²) in [6, 6.07) is 0. The quantitative estimate of drug-likeness (QED) is 0.719. The van der Waals surface area contributed by atoms with Crippen LogP contribution in [0.2, 0.25) is 0 Å². The first-order valence-electron chi connectivity index (χ1n) is 5.91. The average molecular weight is 283 g/mol. The van der Waals surface area contributed by atoms with Gasteiger partial charge in [0, 0.05) is 25.4 Å². The Bertz CT molecular complexity index is 259. The third-order valence-corrected chi connectivity index (χ3v) is 5.35. The number of rotatable bonds is 7. The maximum atomic E-state index is 11.6. The summed E-state index contributed by atoms with van der Waals surface area (Å²) < 4.78 is 21.9. The van der Waals surface area contributed by atoms with Gasteiger partial charge in [-0.25, -0.2) is 4.57 Å². The summed E-state index contributed by atoms with van der Waals surface area (Å²) in [6.07, 6.45) is 0. The third kappa shape index (κ3) is 7.44. The van der Waals surface area contributed by atoms with Crippen molar-refractivity contribution < 1.29 is 18.7 Å². The molecule has 1 unspecified atom stereocenters. The van der Waals surface area contributed by atoms with Crippen molar-refractivity contribution in [2.75, 3.05) is 45.2 Å². The van der Waals surface area contributed by atoms with E-state index >= 15 is 0 Å². The van der Waals surface area contributed by atoms with E-state index in [0.29, 0.717) is 12.4 Å². The molecule has 1 heterocycles. The normalized spacial score (nSPS) is 21.6. The van der Waals surface area contributed by atoms with Gasteiger partial charge >= 0.3 is 6.80 Å². The van der Waals surface area contributed by atoms with Gasteiger partial charge in [-0.3, -0.25) is 4.90 Å². The molecule has 17 heavy (non-hydrogen) atoms. The number of hydrogen-bond donors (Lipinski definition) is 1. The molecule has 0 aliphatic carbocycles. The predicted octanol–water partition coefficient (Wildman–Crippen LogP) is 1.82. The summed E-state index contributed by atoms with van der Waals surface area (Å²) in [4.78, 5) is 11.8. The largest absolute Gasteiger partial charge is 0.386 e. The lowest BCUT2D eigenvalue weighted by Gasteiger charge is -2.26. The van der Waals surface area contributed by atoms with Crippen LogP contribution in [0.3, 0.4) is 0 Å². The van der Waals surface area contributed by atoms with E-state index in [9.17, 15) is 9.46 Å². The monoisotopic (exact) mass is 283 g/mol. The van der Waals surface area contributed by atoms with Crippen LogP contribution in [-0.4, -0.2) is 55.0 Å². The molecule has 1 aliphatic rings. The van der Waals surface area contributed by atoms with Gasteiger partial charge in [-0.15, -0.1) is 0 Å². The Morgan fingerprint density at radius 2 is 2.12 bits per heavy atom. The molecule has 0 bridgehead atoms. The fourth-order valence-electron chi connectivity index (χ4n) is 1.39. The maximum Gasteiger partial charge on any atom is 0.386 e. The molecule has 1 fully saturated rings. The molecule has 1 aliphatic heterocycles. The smallest absolute Gasteiger partial charge is 0.379 e. The molecule has 0 spiro atoms. The Balaban J connectivity index is 2.13. The molecule has 7 heteroatoms. The lowest BCUT2D eigenvalue weighted by atomic mass is 10.2. The van der Waals surface area contributed by atoms with Crippen molar-refractivity contribution in [2.45, 2.75) is 13.8 Å². The summed E-state index contributed by atoms with van der Waals surface area (Å²) in [5, 5.41) is 0. The Labute approximate surface area is 107 Å². The van der Waals surface area contributed by atoms with Crippen LogP contribution < -0.4 is 0 Å². The summed E-state index contributed by atoms with van der Waals surface area (Å²) in [7, 11) is 0. The first-order chi connectivity index (χ1) is 7.99.